The number of carbonyl (C=O) groups excluding carboxylic acids is 1. The average molecular weight is 546 g/mol. The number of nitrogens with zero attached hydrogens (tertiary/aromatic N) is 2. The Hall–Kier alpha value is -2.93. The predicted octanol–water partition coefficient (Wildman–Crippen LogP) is 5.34. The monoisotopic (exact) mass is 545 g/mol. The summed E-state index contributed by atoms with van der Waals surface area (Å²) < 4.78 is 6.20. The van der Waals surface area contributed by atoms with Gasteiger partial charge in [0.25, 0.3) is 0 Å². The van der Waals surface area contributed by atoms with Crippen LogP contribution in [-0.2, 0) is 23.4 Å². The second kappa shape index (κ2) is 11.3. The Morgan fingerprint density at radius 2 is 1.90 bits per heavy atom. The number of carbonyl (C=O) groups is 1. The minimum absolute atomic E-state index is 0.0919. The number of benzene rings is 2. The first-order valence-corrected chi connectivity index (χ1v) is 14.5. The second-order valence-corrected chi connectivity index (χ2v) is 11.7. The number of aromatic nitrogens is 1. The van der Waals surface area contributed by atoms with Crippen LogP contribution < -0.4 is 10.1 Å². The summed E-state index contributed by atoms with van der Waals surface area (Å²) in [6.45, 7) is 3.16. The number of piperidine rings is 1. The third kappa shape index (κ3) is 6.13. The highest BCUT2D eigenvalue weighted by Gasteiger charge is 2.34. The SMILES string of the molecule is O=C(Cc1ccc2c(c1)C(CCCN1CCC(O)(c3ccc(Cl)cc3)CC1)c1cccnc1CO2)NC1CC1. The van der Waals surface area contributed by atoms with Crippen molar-refractivity contribution in [2.24, 2.45) is 0 Å². The van der Waals surface area contributed by atoms with E-state index in [1.807, 2.05) is 48.7 Å². The molecule has 1 amide bonds. The normalized spacial score (nSPS) is 20.3. The Balaban J connectivity index is 1.13. The molecule has 2 fully saturated rings. The van der Waals surface area contributed by atoms with Crippen LogP contribution in [0.15, 0.2) is 60.8 Å². The number of hydrogen-bond donors (Lipinski definition) is 2. The fourth-order valence-electron chi connectivity index (χ4n) is 6.03. The van der Waals surface area contributed by atoms with Crippen LogP contribution in [-0.4, -0.2) is 46.6 Å². The maximum absolute atomic E-state index is 12.5. The van der Waals surface area contributed by atoms with Crippen LogP contribution in [0.3, 0.4) is 0 Å². The lowest BCUT2D eigenvalue weighted by Crippen LogP contribution is -2.42. The zero-order valence-corrected chi connectivity index (χ0v) is 23.0. The molecule has 7 heteroatoms. The van der Waals surface area contributed by atoms with E-state index in [9.17, 15) is 9.90 Å². The highest BCUT2D eigenvalue weighted by molar-refractivity contribution is 6.30. The van der Waals surface area contributed by atoms with E-state index in [2.05, 4.69) is 27.3 Å². The summed E-state index contributed by atoms with van der Waals surface area (Å²) in [5.41, 5.74) is 4.53. The molecule has 39 heavy (non-hydrogen) atoms. The van der Waals surface area contributed by atoms with Crippen molar-refractivity contribution in [3.63, 3.8) is 0 Å². The van der Waals surface area contributed by atoms with Crippen molar-refractivity contribution >= 4 is 17.5 Å². The van der Waals surface area contributed by atoms with Crippen molar-refractivity contribution in [2.45, 2.75) is 69.1 Å². The van der Waals surface area contributed by atoms with Crippen molar-refractivity contribution in [2.75, 3.05) is 19.6 Å². The molecule has 3 aromatic rings. The van der Waals surface area contributed by atoms with Gasteiger partial charge >= 0.3 is 0 Å². The summed E-state index contributed by atoms with van der Waals surface area (Å²) in [4.78, 5) is 19.6. The number of rotatable bonds is 8. The van der Waals surface area contributed by atoms with Gasteiger partial charge in [0.1, 0.15) is 12.4 Å². The quantitative estimate of drug-likeness (QED) is 0.399. The third-order valence-corrected chi connectivity index (χ3v) is 8.71. The van der Waals surface area contributed by atoms with Gasteiger partial charge in [-0.3, -0.25) is 9.78 Å². The summed E-state index contributed by atoms with van der Waals surface area (Å²) in [6, 6.07) is 18.3. The van der Waals surface area contributed by atoms with E-state index in [1.165, 1.54) is 5.56 Å². The van der Waals surface area contributed by atoms with E-state index < -0.39 is 5.60 Å². The minimum Gasteiger partial charge on any atom is -0.487 e. The minimum atomic E-state index is -0.786. The summed E-state index contributed by atoms with van der Waals surface area (Å²) in [5, 5.41) is 15.0. The molecular formula is C32H36ClN3O3. The molecule has 0 bridgehead atoms. The molecule has 1 aliphatic carbocycles. The van der Waals surface area contributed by atoms with Crippen molar-refractivity contribution in [1.82, 2.24) is 15.2 Å². The molecule has 2 aromatic carbocycles. The largest absolute Gasteiger partial charge is 0.487 e. The second-order valence-electron chi connectivity index (χ2n) is 11.3. The number of ether oxygens (including phenoxy) is 1. The van der Waals surface area contributed by atoms with Crippen molar-refractivity contribution in [1.29, 1.82) is 0 Å². The Kier molecular flexibility index (Phi) is 7.61. The number of halogens is 1. The average Bonchev–Trinajstić information content (AvgIpc) is 3.77. The van der Waals surface area contributed by atoms with Crippen LogP contribution in [0.25, 0.3) is 0 Å². The summed E-state index contributed by atoms with van der Waals surface area (Å²) in [6.07, 6.45) is 7.82. The van der Waals surface area contributed by atoms with Crippen LogP contribution in [0.4, 0.5) is 0 Å². The molecule has 204 valence electrons. The topological polar surface area (TPSA) is 74.7 Å². The Bertz CT molecular complexity index is 1320. The molecule has 3 aliphatic rings. The first-order valence-electron chi connectivity index (χ1n) is 14.2. The Morgan fingerprint density at radius 1 is 1.10 bits per heavy atom. The summed E-state index contributed by atoms with van der Waals surface area (Å²) in [5.74, 6) is 1.14. The number of nitrogens with one attached hydrogen (secondary N) is 1. The number of likely N-dealkylation sites (tertiary alicyclic amines) is 1. The van der Waals surface area contributed by atoms with Crippen LogP contribution >= 0.6 is 11.6 Å². The lowest BCUT2D eigenvalue weighted by Gasteiger charge is -2.38. The summed E-state index contributed by atoms with van der Waals surface area (Å²) >= 11 is 6.05. The van der Waals surface area contributed by atoms with Gasteiger partial charge in [-0.1, -0.05) is 41.9 Å². The van der Waals surface area contributed by atoms with Gasteiger partial charge in [0.05, 0.1) is 17.7 Å². The molecule has 6 rings (SSSR count). The first-order chi connectivity index (χ1) is 19.0. The fraction of sp³-hybridized carbons (Fsp3) is 0.438. The fourth-order valence-corrected chi connectivity index (χ4v) is 6.16. The molecule has 2 aliphatic heterocycles. The van der Waals surface area contributed by atoms with Gasteiger partial charge in [0.2, 0.25) is 5.91 Å². The molecule has 0 spiro atoms. The third-order valence-electron chi connectivity index (χ3n) is 8.45. The molecule has 1 atom stereocenters. The van der Waals surface area contributed by atoms with Crippen LogP contribution in [0.5, 0.6) is 5.75 Å². The number of pyridine rings is 1. The van der Waals surface area contributed by atoms with Crippen LogP contribution in [0.2, 0.25) is 5.02 Å². The van der Waals surface area contributed by atoms with Gasteiger partial charge < -0.3 is 20.1 Å². The van der Waals surface area contributed by atoms with E-state index in [0.29, 0.717) is 36.9 Å². The summed E-state index contributed by atoms with van der Waals surface area (Å²) in [7, 11) is 0. The number of aliphatic hydroxyl groups is 1. The molecule has 0 radical (unpaired) electrons. The predicted molar refractivity (Wildman–Crippen MR) is 152 cm³/mol. The van der Waals surface area contributed by atoms with E-state index in [0.717, 1.165) is 73.5 Å². The molecule has 1 unspecified atom stereocenters. The molecule has 1 aromatic heterocycles. The highest BCUT2D eigenvalue weighted by Crippen LogP contribution is 2.40. The molecule has 1 saturated heterocycles. The van der Waals surface area contributed by atoms with Crippen LogP contribution in [0.1, 0.15) is 72.4 Å². The molecule has 6 nitrogen and oxygen atoms in total. The van der Waals surface area contributed by atoms with E-state index in [4.69, 9.17) is 16.3 Å². The molecule has 1 saturated carbocycles. The first kappa shape index (κ1) is 26.3. The van der Waals surface area contributed by atoms with Gasteiger partial charge in [-0.15, -0.1) is 0 Å². The number of hydrogen-bond acceptors (Lipinski definition) is 5. The maximum Gasteiger partial charge on any atom is 0.224 e. The Morgan fingerprint density at radius 3 is 2.67 bits per heavy atom. The lowest BCUT2D eigenvalue weighted by atomic mass is 9.84. The zero-order valence-electron chi connectivity index (χ0n) is 22.2. The lowest BCUT2D eigenvalue weighted by molar-refractivity contribution is -0.120. The zero-order chi connectivity index (χ0) is 26.8. The molecular weight excluding hydrogens is 510 g/mol. The molecule has 2 N–H and O–H groups in total. The van der Waals surface area contributed by atoms with Gasteiger partial charge in [0, 0.05) is 41.8 Å². The van der Waals surface area contributed by atoms with Crippen molar-refractivity contribution in [3.05, 3.63) is 93.8 Å². The van der Waals surface area contributed by atoms with Crippen molar-refractivity contribution in [3.8, 4) is 5.75 Å². The number of amides is 1. The maximum atomic E-state index is 12.5. The molecule has 3 heterocycles. The van der Waals surface area contributed by atoms with E-state index >= 15 is 0 Å². The number of fused-ring (bicyclic) bond motifs is 2. The smallest absolute Gasteiger partial charge is 0.224 e. The Labute approximate surface area is 235 Å². The van der Waals surface area contributed by atoms with Gasteiger partial charge in [-0.2, -0.15) is 0 Å². The highest BCUT2D eigenvalue weighted by atomic mass is 35.5. The van der Waals surface area contributed by atoms with E-state index in [1.54, 1.807) is 0 Å². The van der Waals surface area contributed by atoms with Crippen LogP contribution in [0, 0.1) is 0 Å². The standard InChI is InChI=1S/C32H36ClN3O3/c33-24-8-6-23(7-9-24)32(38)13-17-36(18-14-32)16-2-4-26-27-3-1-15-34-29(27)21-39-30-12-5-22(19-28(26)30)20-31(37)35-25-10-11-25/h1,3,5-9,12,15,19,25-26,38H,2,4,10-11,13-14,16-18,20-21H2,(H,35,37). The van der Waals surface area contributed by atoms with Crippen molar-refractivity contribution < 1.29 is 14.6 Å². The van der Waals surface area contributed by atoms with Gasteiger partial charge in [-0.25, -0.2) is 0 Å². The van der Waals surface area contributed by atoms with E-state index in [-0.39, 0.29) is 11.8 Å². The van der Waals surface area contributed by atoms with Gasteiger partial charge in [0.15, 0.2) is 0 Å². The van der Waals surface area contributed by atoms with Gasteiger partial charge in [-0.05, 0) is 86.0 Å².